The van der Waals surface area contributed by atoms with Crippen LogP contribution in [0.25, 0.3) is 0 Å². The monoisotopic (exact) mass is 147 g/mol. The predicted octanol–water partition coefficient (Wildman–Crippen LogP) is 1.69. The molecule has 2 heteroatoms. The summed E-state index contributed by atoms with van der Waals surface area (Å²) in [5.74, 6) is 0. The highest BCUT2D eigenvalue weighted by atomic mass is 32.1. The summed E-state index contributed by atoms with van der Waals surface area (Å²) in [6, 6.07) is 0. The van der Waals surface area contributed by atoms with E-state index in [0.717, 1.165) is 0 Å². The molecule has 0 aliphatic heterocycles. The van der Waals surface area contributed by atoms with Gasteiger partial charge >= 0.3 is 0 Å². The van der Waals surface area contributed by atoms with Gasteiger partial charge in [-0.05, 0) is 34.7 Å². The van der Waals surface area contributed by atoms with Gasteiger partial charge in [-0.3, -0.25) is 0 Å². The predicted molar refractivity (Wildman–Crippen MR) is 46.2 cm³/mol. The van der Waals surface area contributed by atoms with E-state index in [1.54, 1.807) is 0 Å². The minimum atomic E-state index is 0.0295. The van der Waals surface area contributed by atoms with Gasteiger partial charge in [0.25, 0.3) is 0 Å². The molecule has 1 N–H and O–H groups in total. The third-order valence-electron chi connectivity index (χ3n) is 2.15. The van der Waals surface area contributed by atoms with Crippen molar-refractivity contribution in [1.29, 1.82) is 0 Å². The maximum atomic E-state index is 4.45. The van der Waals surface area contributed by atoms with E-state index in [-0.39, 0.29) is 10.3 Å². The van der Waals surface area contributed by atoms with Crippen molar-refractivity contribution in [2.45, 2.75) is 38.0 Å². The molecular formula is C7H17NS. The molecule has 0 aliphatic rings. The Morgan fingerprint density at radius 1 is 1.11 bits per heavy atom. The Morgan fingerprint density at radius 3 is 1.44 bits per heavy atom. The lowest BCUT2D eigenvalue weighted by atomic mass is 9.90. The Morgan fingerprint density at radius 2 is 1.44 bits per heavy atom. The summed E-state index contributed by atoms with van der Waals surface area (Å²) in [4.78, 5) is 0. The average molecular weight is 147 g/mol. The summed E-state index contributed by atoms with van der Waals surface area (Å²) in [7, 11) is 1.96. The number of hydrogen-bond donors (Lipinski definition) is 2. The Kier molecular flexibility index (Phi) is 2.59. The van der Waals surface area contributed by atoms with Gasteiger partial charge in [-0.2, -0.15) is 12.6 Å². The van der Waals surface area contributed by atoms with Crippen molar-refractivity contribution >= 4 is 12.6 Å². The first-order valence-corrected chi connectivity index (χ1v) is 3.67. The van der Waals surface area contributed by atoms with Crippen molar-refractivity contribution < 1.29 is 0 Å². The van der Waals surface area contributed by atoms with E-state index in [2.05, 4.69) is 45.6 Å². The van der Waals surface area contributed by atoms with Crippen molar-refractivity contribution in [1.82, 2.24) is 5.32 Å². The molecule has 0 radical (unpaired) electrons. The first-order valence-electron chi connectivity index (χ1n) is 3.22. The van der Waals surface area contributed by atoms with Crippen LogP contribution in [0.5, 0.6) is 0 Å². The summed E-state index contributed by atoms with van der Waals surface area (Å²) in [5.41, 5.74) is 0.0934. The molecule has 0 saturated heterocycles. The van der Waals surface area contributed by atoms with E-state index < -0.39 is 0 Å². The number of hydrogen-bond acceptors (Lipinski definition) is 2. The molecule has 0 aromatic carbocycles. The van der Waals surface area contributed by atoms with E-state index in [9.17, 15) is 0 Å². The van der Waals surface area contributed by atoms with Crippen molar-refractivity contribution in [3.05, 3.63) is 0 Å². The van der Waals surface area contributed by atoms with E-state index >= 15 is 0 Å². The molecule has 0 aromatic heterocycles. The van der Waals surface area contributed by atoms with Crippen LogP contribution in [0.2, 0.25) is 0 Å². The van der Waals surface area contributed by atoms with Gasteiger partial charge in [0.15, 0.2) is 0 Å². The molecule has 0 spiro atoms. The lowest BCUT2D eigenvalue weighted by Gasteiger charge is -2.37. The Labute approximate surface area is 63.6 Å². The molecule has 0 aliphatic carbocycles. The van der Waals surface area contributed by atoms with Gasteiger partial charge in [0.05, 0.1) is 0 Å². The second kappa shape index (κ2) is 2.51. The molecule has 0 amide bonds. The minimum absolute atomic E-state index is 0.0295. The zero-order chi connectivity index (χ0) is 7.71. The summed E-state index contributed by atoms with van der Waals surface area (Å²) in [6.45, 7) is 8.49. The molecule has 9 heavy (non-hydrogen) atoms. The van der Waals surface area contributed by atoms with Gasteiger partial charge < -0.3 is 5.32 Å². The third kappa shape index (κ3) is 2.18. The molecule has 0 atom stereocenters. The zero-order valence-corrected chi connectivity index (χ0v) is 7.84. The first-order chi connectivity index (χ1) is 3.81. The van der Waals surface area contributed by atoms with Gasteiger partial charge in [-0.25, -0.2) is 0 Å². The summed E-state index contributed by atoms with van der Waals surface area (Å²) in [6.07, 6.45) is 0. The minimum Gasteiger partial charge on any atom is -0.313 e. The van der Waals surface area contributed by atoms with Gasteiger partial charge in [0.1, 0.15) is 0 Å². The van der Waals surface area contributed by atoms with E-state index in [1.165, 1.54) is 0 Å². The molecular weight excluding hydrogens is 130 g/mol. The van der Waals surface area contributed by atoms with Crippen molar-refractivity contribution in [3.8, 4) is 0 Å². The molecule has 0 unspecified atom stereocenters. The standard InChI is InChI=1S/C7H17NS/c1-6(2,8-5)7(3,4)9/h8-9H,1-5H3. The SMILES string of the molecule is CNC(C)(C)C(C)(C)S. The fraction of sp³-hybridized carbons (Fsp3) is 1.00. The number of thiol groups is 1. The zero-order valence-electron chi connectivity index (χ0n) is 6.95. The van der Waals surface area contributed by atoms with Gasteiger partial charge in [0, 0.05) is 10.3 Å². The highest BCUT2D eigenvalue weighted by Gasteiger charge is 2.31. The fourth-order valence-corrected chi connectivity index (χ4v) is 0.418. The third-order valence-corrected chi connectivity index (χ3v) is 2.71. The lowest BCUT2D eigenvalue weighted by Crippen LogP contribution is -2.51. The van der Waals surface area contributed by atoms with Crippen molar-refractivity contribution in [3.63, 3.8) is 0 Å². The van der Waals surface area contributed by atoms with E-state index in [4.69, 9.17) is 0 Å². The molecule has 0 bridgehead atoms. The summed E-state index contributed by atoms with van der Waals surface area (Å²) >= 11 is 4.45. The molecule has 56 valence electrons. The quantitative estimate of drug-likeness (QED) is 0.566. The molecule has 0 fully saturated rings. The van der Waals surface area contributed by atoms with Crippen LogP contribution in [-0.2, 0) is 0 Å². The average Bonchev–Trinajstić information content (AvgIpc) is 1.64. The van der Waals surface area contributed by atoms with E-state index in [0.29, 0.717) is 0 Å². The van der Waals surface area contributed by atoms with Crippen LogP contribution < -0.4 is 5.32 Å². The Bertz CT molecular complexity index is 91.6. The first kappa shape index (κ1) is 9.31. The van der Waals surface area contributed by atoms with Crippen LogP contribution in [-0.4, -0.2) is 17.3 Å². The van der Waals surface area contributed by atoms with Gasteiger partial charge in [-0.1, -0.05) is 0 Å². The fourth-order valence-electron chi connectivity index (χ4n) is 0.306. The highest BCUT2D eigenvalue weighted by Crippen LogP contribution is 2.26. The highest BCUT2D eigenvalue weighted by molar-refractivity contribution is 7.81. The van der Waals surface area contributed by atoms with Crippen molar-refractivity contribution in [2.24, 2.45) is 0 Å². The molecule has 0 saturated carbocycles. The van der Waals surface area contributed by atoms with Crippen LogP contribution >= 0.6 is 12.6 Å². The second-order valence-electron chi connectivity index (χ2n) is 3.43. The van der Waals surface area contributed by atoms with Crippen LogP contribution in [0.1, 0.15) is 27.7 Å². The Hall–Kier alpha value is 0.310. The largest absolute Gasteiger partial charge is 0.313 e. The summed E-state index contributed by atoms with van der Waals surface area (Å²) < 4.78 is 0.0295. The van der Waals surface area contributed by atoms with Gasteiger partial charge in [-0.15, -0.1) is 0 Å². The van der Waals surface area contributed by atoms with Crippen LogP contribution in [0.4, 0.5) is 0 Å². The van der Waals surface area contributed by atoms with E-state index in [1.807, 2.05) is 7.05 Å². The molecule has 0 aromatic rings. The van der Waals surface area contributed by atoms with Gasteiger partial charge in [0.2, 0.25) is 0 Å². The van der Waals surface area contributed by atoms with Crippen LogP contribution in [0.15, 0.2) is 0 Å². The number of nitrogens with one attached hydrogen (secondary N) is 1. The van der Waals surface area contributed by atoms with Crippen LogP contribution in [0.3, 0.4) is 0 Å². The maximum Gasteiger partial charge on any atom is 0.0261 e. The number of rotatable bonds is 2. The second-order valence-corrected chi connectivity index (χ2v) is 4.55. The van der Waals surface area contributed by atoms with Crippen molar-refractivity contribution in [2.75, 3.05) is 7.05 Å². The van der Waals surface area contributed by atoms with Crippen LogP contribution in [0, 0.1) is 0 Å². The molecule has 0 heterocycles. The normalized spacial score (nSPS) is 14.0. The Balaban J connectivity index is 4.14. The summed E-state index contributed by atoms with van der Waals surface area (Å²) in [5, 5.41) is 3.20. The molecule has 0 rings (SSSR count). The lowest BCUT2D eigenvalue weighted by molar-refractivity contribution is 0.344. The maximum absolute atomic E-state index is 4.45. The molecule has 1 nitrogen and oxygen atoms in total. The smallest absolute Gasteiger partial charge is 0.0261 e. The topological polar surface area (TPSA) is 12.0 Å².